The molecule has 0 spiro atoms. The molecular formula is C20H20F3N5O2. The summed E-state index contributed by atoms with van der Waals surface area (Å²) in [7, 11) is 1.69. The van der Waals surface area contributed by atoms with E-state index >= 15 is 0 Å². The number of hydrogen-bond acceptors (Lipinski definition) is 4. The van der Waals surface area contributed by atoms with Crippen LogP contribution in [0.2, 0.25) is 0 Å². The maximum absolute atomic E-state index is 12.8. The molecule has 7 nitrogen and oxygen atoms in total. The van der Waals surface area contributed by atoms with Crippen LogP contribution in [0.15, 0.2) is 35.3 Å². The molecule has 1 aliphatic carbocycles. The first-order chi connectivity index (χ1) is 14.1. The summed E-state index contributed by atoms with van der Waals surface area (Å²) in [5.74, 6) is -0.112. The van der Waals surface area contributed by atoms with Crippen molar-refractivity contribution in [3.05, 3.63) is 57.6 Å². The Labute approximate surface area is 169 Å². The fourth-order valence-corrected chi connectivity index (χ4v) is 3.48. The lowest BCUT2D eigenvalue weighted by Gasteiger charge is -2.15. The first-order valence-electron chi connectivity index (χ1n) is 9.54. The van der Waals surface area contributed by atoms with E-state index in [-0.39, 0.29) is 6.54 Å². The molecule has 1 saturated carbocycles. The molecule has 2 heterocycles. The van der Waals surface area contributed by atoms with E-state index in [1.165, 1.54) is 16.8 Å². The van der Waals surface area contributed by atoms with Crippen LogP contribution in [-0.4, -0.2) is 25.5 Å². The van der Waals surface area contributed by atoms with Crippen molar-refractivity contribution in [2.75, 3.05) is 0 Å². The standard InChI is InChI=1S/C20H20F3N5O2/c1-11(12-5-7-14(8-6-12)20(21,22)23)25-16(29)10-28-19(30)18-15(9-24-28)17(13-3-4-13)26-27(18)2/h5-9,11,13H,3-4,10H2,1-2H3,(H,25,29)/t11-/m0/s1. The Balaban J connectivity index is 1.48. The van der Waals surface area contributed by atoms with Crippen LogP contribution in [0.5, 0.6) is 0 Å². The first-order valence-corrected chi connectivity index (χ1v) is 9.54. The number of halogens is 3. The summed E-state index contributed by atoms with van der Waals surface area (Å²) in [4.78, 5) is 25.2. The number of aromatic nitrogens is 4. The summed E-state index contributed by atoms with van der Waals surface area (Å²) in [5, 5.41) is 11.9. The largest absolute Gasteiger partial charge is 0.416 e. The number of nitrogens with zero attached hydrogens (tertiary/aromatic N) is 4. The van der Waals surface area contributed by atoms with E-state index in [9.17, 15) is 22.8 Å². The van der Waals surface area contributed by atoms with E-state index in [1.807, 2.05) is 0 Å². The smallest absolute Gasteiger partial charge is 0.348 e. The van der Waals surface area contributed by atoms with E-state index in [0.717, 1.165) is 35.4 Å². The predicted octanol–water partition coefficient (Wildman–Crippen LogP) is 2.90. The highest BCUT2D eigenvalue weighted by atomic mass is 19.4. The summed E-state index contributed by atoms with van der Waals surface area (Å²) in [6, 6.07) is 4.05. The molecule has 4 rings (SSSR count). The number of hydrogen-bond donors (Lipinski definition) is 1. The zero-order chi connectivity index (χ0) is 21.6. The van der Waals surface area contributed by atoms with Gasteiger partial charge in [0.05, 0.1) is 23.5 Å². The highest BCUT2D eigenvalue weighted by molar-refractivity contribution is 5.81. The third kappa shape index (κ3) is 3.81. The predicted molar refractivity (Wildman–Crippen MR) is 103 cm³/mol. The minimum absolute atomic E-state index is 0.302. The number of carbonyl (C=O) groups excluding carboxylic acids is 1. The molecule has 1 atom stereocenters. The average molecular weight is 419 g/mol. The lowest BCUT2D eigenvalue weighted by atomic mass is 10.1. The quantitative estimate of drug-likeness (QED) is 0.690. The molecule has 0 aliphatic heterocycles. The third-order valence-electron chi connectivity index (χ3n) is 5.25. The van der Waals surface area contributed by atoms with Crippen molar-refractivity contribution in [1.82, 2.24) is 24.9 Å². The normalized spacial score (nSPS) is 15.4. The van der Waals surface area contributed by atoms with E-state index in [1.54, 1.807) is 20.2 Å². The molecule has 0 unspecified atom stereocenters. The Kier molecular flexibility index (Phi) is 4.87. The maximum Gasteiger partial charge on any atom is 0.416 e. The Morgan fingerprint density at radius 1 is 1.27 bits per heavy atom. The second kappa shape index (κ2) is 7.26. The van der Waals surface area contributed by atoms with Gasteiger partial charge in [0, 0.05) is 18.4 Å². The van der Waals surface area contributed by atoms with Gasteiger partial charge in [0.15, 0.2) is 0 Å². The SMILES string of the molecule is C[C@H](NC(=O)Cn1ncc2c(C3CC3)nn(C)c2c1=O)c1ccc(C(F)(F)F)cc1. The molecular weight excluding hydrogens is 399 g/mol. The van der Waals surface area contributed by atoms with Crippen molar-refractivity contribution in [3.63, 3.8) is 0 Å². The number of alkyl halides is 3. The average Bonchev–Trinajstić information content (AvgIpc) is 3.47. The molecule has 158 valence electrons. The molecule has 0 radical (unpaired) electrons. The van der Waals surface area contributed by atoms with Crippen molar-refractivity contribution in [1.29, 1.82) is 0 Å². The van der Waals surface area contributed by atoms with Gasteiger partial charge in [-0.3, -0.25) is 14.3 Å². The van der Waals surface area contributed by atoms with Crippen LogP contribution in [0.25, 0.3) is 10.9 Å². The van der Waals surface area contributed by atoms with Gasteiger partial charge < -0.3 is 5.32 Å². The molecule has 30 heavy (non-hydrogen) atoms. The summed E-state index contributed by atoms with van der Waals surface area (Å²) >= 11 is 0. The van der Waals surface area contributed by atoms with Gasteiger partial charge >= 0.3 is 6.18 Å². The number of benzene rings is 1. The van der Waals surface area contributed by atoms with E-state index in [2.05, 4.69) is 15.5 Å². The topological polar surface area (TPSA) is 81.8 Å². The number of aryl methyl sites for hydroxylation is 1. The molecule has 1 N–H and O–H groups in total. The Hall–Kier alpha value is -3.17. The first kappa shape index (κ1) is 20.1. The molecule has 1 aliphatic rings. The van der Waals surface area contributed by atoms with Crippen LogP contribution < -0.4 is 10.9 Å². The van der Waals surface area contributed by atoms with E-state index in [0.29, 0.717) is 22.4 Å². The van der Waals surface area contributed by atoms with Gasteiger partial charge in [-0.25, -0.2) is 4.68 Å². The van der Waals surface area contributed by atoms with Crippen molar-refractivity contribution >= 4 is 16.8 Å². The summed E-state index contributed by atoms with van der Waals surface area (Å²) < 4.78 is 40.6. The molecule has 3 aromatic rings. The maximum atomic E-state index is 12.8. The second-order valence-electron chi connectivity index (χ2n) is 7.56. The van der Waals surface area contributed by atoms with E-state index in [4.69, 9.17) is 0 Å². The van der Waals surface area contributed by atoms with Gasteiger partial charge in [-0.15, -0.1) is 0 Å². The lowest BCUT2D eigenvalue weighted by molar-refractivity contribution is -0.137. The summed E-state index contributed by atoms with van der Waals surface area (Å²) in [5.41, 5.74) is 0.621. The van der Waals surface area contributed by atoms with Crippen molar-refractivity contribution in [2.45, 2.75) is 44.4 Å². The minimum Gasteiger partial charge on any atom is -0.348 e. The number of amides is 1. The molecule has 2 aromatic heterocycles. The summed E-state index contributed by atoms with van der Waals surface area (Å²) in [6.45, 7) is 1.35. The van der Waals surface area contributed by atoms with Crippen LogP contribution in [-0.2, 0) is 24.6 Å². The van der Waals surface area contributed by atoms with Gasteiger partial charge in [0.2, 0.25) is 5.91 Å². The van der Waals surface area contributed by atoms with Crippen molar-refractivity contribution < 1.29 is 18.0 Å². The van der Waals surface area contributed by atoms with Gasteiger partial charge in [-0.1, -0.05) is 12.1 Å². The molecule has 0 bridgehead atoms. The van der Waals surface area contributed by atoms with Gasteiger partial charge in [-0.2, -0.15) is 23.4 Å². The molecule has 10 heteroatoms. The number of rotatable bonds is 5. The van der Waals surface area contributed by atoms with Crippen LogP contribution in [0.1, 0.15) is 48.5 Å². The van der Waals surface area contributed by atoms with Gasteiger partial charge in [-0.05, 0) is 37.5 Å². The Bertz CT molecular complexity index is 1160. The molecule has 0 saturated heterocycles. The molecule has 1 fully saturated rings. The Morgan fingerprint density at radius 3 is 2.53 bits per heavy atom. The lowest BCUT2D eigenvalue weighted by Crippen LogP contribution is -2.35. The van der Waals surface area contributed by atoms with Crippen LogP contribution in [0.3, 0.4) is 0 Å². The van der Waals surface area contributed by atoms with Crippen LogP contribution in [0.4, 0.5) is 13.2 Å². The number of carbonyl (C=O) groups is 1. The van der Waals surface area contributed by atoms with Crippen LogP contribution in [0, 0.1) is 0 Å². The number of fused-ring (bicyclic) bond motifs is 1. The Morgan fingerprint density at radius 2 is 1.93 bits per heavy atom. The van der Waals surface area contributed by atoms with Crippen molar-refractivity contribution in [2.24, 2.45) is 7.05 Å². The molecule has 1 amide bonds. The fourth-order valence-electron chi connectivity index (χ4n) is 3.48. The number of nitrogens with one attached hydrogen (secondary N) is 1. The third-order valence-corrected chi connectivity index (χ3v) is 5.25. The summed E-state index contributed by atoms with van der Waals surface area (Å²) in [6.07, 6.45) is -0.773. The highest BCUT2D eigenvalue weighted by Crippen LogP contribution is 2.41. The zero-order valence-electron chi connectivity index (χ0n) is 16.4. The fraction of sp³-hybridized carbons (Fsp3) is 0.400. The second-order valence-corrected chi connectivity index (χ2v) is 7.56. The molecule has 1 aromatic carbocycles. The van der Waals surface area contributed by atoms with Gasteiger partial charge in [0.25, 0.3) is 5.56 Å². The van der Waals surface area contributed by atoms with E-state index < -0.39 is 29.2 Å². The van der Waals surface area contributed by atoms with Gasteiger partial charge in [0.1, 0.15) is 12.1 Å². The minimum atomic E-state index is -4.42. The highest BCUT2D eigenvalue weighted by Gasteiger charge is 2.31. The monoisotopic (exact) mass is 419 g/mol. The van der Waals surface area contributed by atoms with Crippen molar-refractivity contribution in [3.8, 4) is 0 Å². The van der Waals surface area contributed by atoms with Crippen LogP contribution >= 0.6 is 0 Å². The zero-order valence-corrected chi connectivity index (χ0v) is 16.4.